The van der Waals surface area contributed by atoms with Crippen LogP contribution in [0.25, 0.3) is 78.5 Å². The van der Waals surface area contributed by atoms with Gasteiger partial charge in [0.2, 0.25) is 0 Å². The molecular weight excluding hydrogens is 536 g/mol. The Morgan fingerprint density at radius 1 is 0.477 bits per heavy atom. The number of nitrogens with zero attached hydrogens (tertiary/aromatic N) is 4. The smallest absolute Gasteiger partial charge is 0.137 e. The number of fused-ring (bicyclic) bond motifs is 6. The highest BCUT2D eigenvalue weighted by atomic mass is 15.1. The van der Waals surface area contributed by atoms with Crippen molar-refractivity contribution in [1.29, 1.82) is 0 Å². The lowest BCUT2D eigenvalue weighted by atomic mass is 10.1. The Labute approximate surface area is 255 Å². The van der Waals surface area contributed by atoms with Crippen molar-refractivity contribution < 1.29 is 0 Å². The number of aromatic nitrogens is 4. The number of hydrogen-bond donors (Lipinski definition) is 0. The van der Waals surface area contributed by atoms with Crippen molar-refractivity contribution in [2.45, 2.75) is 13.8 Å². The zero-order chi connectivity index (χ0) is 29.9. The number of benzene rings is 4. The van der Waals surface area contributed by atoms with Gasteiger partial charge in [0.1, 0.15) is 11.6 Å². The van der Waals surface area contributed by atoms with Crippen LogP contribution in [0.5, 0.6) is 0 Å². The van der Waals surface area contributed by atoms with Crippen LogP contribution in [0.2, 0.25) is 0 Å². The van der Waals surface area contributed by atoms with Crippen LogP contribution >= 0.6 is 0 Å². The van der Waals surface area contributed by atoms with Gasteiger partial charge in [-0.15, -0.1) is 0 Å². The molecular formula is C40H30N4. The fourth-order valence-electron chi connectivity index (χ4n) is 6.44. The fraction of sp³-hybridized carbons (Fsp3) is 0.0500. The first-order valence-corrected chi connectivity index (χ1v) is 14.8. The third kappa shape index (κ3) is 3.99. The summed E-state index contributed by atoms with van der Waals surface area (Å²) in [5, 5.41) is 4.84. The third-order valence-corrected chi connectivity index (χ3v) is 8.65. The second-order valence-electron chi connectivity index (χ2n) is 11.5. The molecule has 0 saturated carbocycles. The van der Waals surface area contributed by atoms with E-state index in [2.05, 4.69) is 133 Å². The van der Waals surface area contributed by atoms with Gasteiger partial charge in [-0.3, -0.25) is 9.13 Å². The first kappa shape index (κ1) is 25.9. The quantitative estimate of drug-likeness (QED) is 0.208. The molecule has 8 aromatic rings. The summed E-state index contributed by atoms with van der Waals surface area (Å²) >= 11 is 0. The minimum Gasteiger partial charge on any atom is -0.294 e. The van der Waals surface area contributed by atoms with E-state index in [0.29, 0.717) is 0 Å². The highest BCUT2D eigenvalue weighted by Gasteiger charge is 2.16. The van der Waals surface area contributed by atoms with Gasteiger partial charge < -0.3 is 0 Å². The van der Waals surface area contributed by atoms with E-state index in [9.17, 15) is 0 Å². The lowest BCUT2D eigenvalue weighted by Gasteiger charge is -2.10. The molecule has 0 saturated heterocycles. The van der Waals surface area contributed by atoms with Crippen molar-refractivity contribution in [3.8, 4) is 22.8 Å². The maximum Gasteiger partial charge on any atom is 0.137 e. The van der Waals surface area contributed by atoms with Gasteiger partial charge in [0.25, 0.3) is 0 Å². The molecule has 0 fully saturated rings. The second kappa shape index (κ2) is 9.92. The van der Waals surface area contributed by atoms with Crippen molar-refractivity contribution in [3.05, 3.63) is 145 Å². The molecule has 0 amide bonds. The lowest BCUT2D eigenvalue weighted by Crippen LogP contribution is -1.98. The molecule has 0 unspecified atom stereocenters. The molecule has 0 aliphatic rings. The Hall–Kier alpha value is -5.74. The predicted octanol–water partition coefficient (Wildman–Crippen LogP) is 10.2. The van der Waals surface area contributed by atoms with Gasteiger partial charge in [-0.1, -0.05) is 60.7 Å². The van der Waals surface area contributed by atoms with Crippen molar-refractivity contribution in [1.82, 2.24) is 19.1 Å². The predicted molar refractivity (Wildman–Crippen MR) is 186 cm³/mol. The van der Waals surface area contributed by atoms with E-state index >= 15 is 0 Å². The van der Waals surface area contributed by atoms with Crippen LogP contribution in [-0.2, 0) is 0 Å². The minimum absolute atomic E-state index is 0.868. The van der Waals surface area contributed by atoms with Gasteiger partial charge in [0.15, 0.2) is 0 Å². The Balaban J connectivity index is 1.20. The van der Waals surface area contributed by atoms with Crippen LogP contribution in [0.1, 0.15) is 22.3 Å². The van der Waals surface area contributed by atoms with Crippen molar-refractivity contribution >= 4 is 55.8 Å². The molecule has 0 bridgehead atoms. The number of pyridine rings is 2. The second-order valence-corrected chi connectivity index (χ2v) is 11.5. The summed E-state index contributed by atoms with van der Waals surface area (Å²) in [5.41, 5.74) is 11.3. The molecule has 0 aliphatic carbocycles. The van der Waals surface area contributed by atoms with E-state index in [0.717, 1.165) is 56.0 Å². The zero-order valence-electron chi connectivity index (χ0n) is 24.8. The van der Waals surface area contributed by atoms with E-state index in [1.807, 2.05) is 24.5 Å². The van der Waals surface area contributed by atoms with Crippen molar-refractivity contribution in [3.63, 3.8) is 0 Å². The molecule has 8 rings (SSSR count). The van der Waals surface area contributed by atoms with E-state index < -0.39 is 0 Å². The molecule has 0 radical (unpaired) electrons. The summed E-state index contributed by atoms with van der Waals surface area (Å²) in [5.74, 6) is 1.76. The number of rotatable bonds is 5. The first-order valence-electron chi connectivity index (χ1n) is 14.8. The minimum atomic E-state index is 0.868. The molecule has 4 heterocycles. The Morgan fingerprint density at radius 3 is 1.23 bits per heavy atom. The number of hydrogen-bond acceptors (Lipinski definition) is 2. The van der Waals surface area contributed by atoms with Crippen LogP contribution in [0.3, 0.4) is 0 Å². The molecule has 4 nitrogen and oxygen atoms in total. The summed E-state index contributed by atoms with van der Waals surface area (Å²) < 4.78 is 4.48. The first-order chi connectivity index (χ1) is 21.5. The fourth-order valence-corrected chi connectivity index (χ4v) is 6.44. The summed E-state index contributed by atoms with van der Waals surface area (Å²) in [4.78, 5) is 9.89. The van der Waals surface area contributed by atoms with Gasteiger partial charge in [-0.25, -0.2) is 9.97 Å². The van der Waals surface area contributed by atoms with Crippen LogP contribution in [-0.4, -0.2) is 19.1 Å². The normalized spacial score (nSPS) is 11.6. The van der Waals surface area contributed by atoms with Crippen LogP contribution in [0, 0.1) is 13.8 Å². The topological polar surface area (TPSA) is 35.6 Å². The standard InChI is InChI=1S/C40H30N4/c1-5-27-9-15-37-33(21-27)34-22-28(6-2)10-16-38(34)44(37)40-18-12-30(24-42-40)29-11-17-39(41-23-29)43-35-13-7-25(3)19-31(35)32-20-26(4)8-14-36(32)43/h5-24H,1-2H2,3-4H3. The van der Waals surface area contributed by atoms with E-state index in [1.54, 1.807) is 0 Å². The summed E-state index contributed by atoms with van der Waals surface area (Å²) in [6.45, 7) is 12.2. The van der Waals surface area contributed by atoms with Crippen molar-refractivity contribution in [2.75, 3.05) is 0 Å². The maximum atomic E-state index is 4.94. The summed E-state index contributed by atoms with van der Waals surface area (Å²) in [7, 11) is 0. The van der Waals surface area contributed by atoms with Gasteiger partial charge >= 0.3 is 0 Å². The van der Waals surface area contributed by atoms with Crippen LogP contribution in [0.4, 0.5) is 0 Å². The third-order valence-electron chi connectivity index (χ3n) is 8.65. The largest absolute Gasteiger partial charge is 0.294 e. The number of aryl methyl sites for hydroxylation is 2. The van der Waals surface area contributed by atoms with E-state index in [4.69, 9.17) is 9.97 Å². The van der Waals surface area contributed by atoms with Gasteiger partial charge in [-0.05, 0) is 97.8 Å². The maximum absolute atomic E-state index is 4.94. The molecule has 0 spiro atoms. The molecule has 4 aromatic heterocycles. The Morgan fingerprint density at radius 2 is 0.864 bits per heavy atom. The van der Waals surface area contributed by atoms with Crippen molar-refractivity contribution in [2.24, 2.45) is 0 Å². The monoisotopic (exact) mass is 566 g/mol. The van der Waals surface area contributed by atoms with Crippen LogP contribution < -0.4 is 0 Å². The van der Waals surface area contributed by atoms with Gasteiger partial charge in [-0.2, -0.15) is 0 Å². The van der Waals surface area contributed by atoms with Gasteiger partial charge in [0, 0.05) is 45.1 Å². The molecule has 4 aromatic carbocycles. The average molecular weight is 567 g/mol. The summed E-state index contributed by atoms with van der Waals surface area (Å²) in [6.07, 6.45) is 7.65. The molecule has 0 N–H and O–H groups in total. The molecule has 0 atom stereocenters. The molecule has 210 valence electrons. The SMILES string of the molecule is C=Cc1ccc2c(c1)c1cc(C=C)ccc1n2-c1ccc(-c2ccc(-n3c4ccc(C)cc4c4cc(C)ccc43)nc2)cn1. The molecule has 44 heavy (non-hydrogen) atoms. The van der Waals surface area contributed by atoms with E-state index in [1.165, 1.54) is 32.7 Å². The highest BCUT2D eigenvalue weighted by Crippen LogP contribution is 2.35. The Kier molecular flexibility index (Phi) is 5.85. The van der Waals surface area contributed by atoms with E-state index in [-0.39, 0.29) is 0 Å². The highest BCUT2D eigenvalue weighted by molar-refractivity contribution is 6.11. The van der Waals surface area contributed by atoms with Gasteiger partial charge in [0.05, 0.1) is 22.1 Å². The van der Waals surface area contributed by atoms with Crippen LogP contribution in [0.15, 0.2) is 123 Å². The Bertz CT molecular complexity index is 2300. The average Bonchev–Trinajstić information content (AvgIpc) is 3.56. The zero-order valence-corrected chi connectivity index (χ0v) is 24.8. The molecule has 4 heteroatoms. The molecule has 0 aliphatic heterocycles. The summed E-state index contributed by atoms with van der Waals surface area (Å²) in [6, 6.07) is 34.6. The lowest BCUT2D eigenvalue weighted by molar-refractivity contribution is 1.07.